The van der Waals surface area contributed by atoms with Crippen molar-refractivity contribution in [3.63, 3.8) is 0 Å². The molecule has 0 aliphatic carbocycles. The van der Waals surface area contributed by atoms with Gasteiger partial charge >= 0.3 is 6.09 Å². The van der Waals surface area contributed by atoms with Gasteiger partial charge in [0.2, 0.25) is 11.8 Å². The minimum absolute atomic E-state index is 0.141. The van der Waals surface area contributed by atoms with Crippen LogP contribution in [0.4, 0.5) is 26.2 Å². The monoisotopic (exact) mass is 957 g/mol. The Kier molecular flexibility index (Phi) is 14.2. The van der Waals surface area contributed by atoms with Crippen LogP contribution in [0.15, 0.2) is 89.1 Å². The van der Waals surface area contributed by atoms with Crippen molar-refractivity contribution < 1.29 is 57.2 Å². The quantitative estimate of drug-likeness (QED) is 0.0766. The number of fused-ring (bicyclic) bond motifs is 4. The van der Waals surface area contributed by atoms with Gasteiger partial charge in [0, 0.05) is 61.9 Å². The fourth-order valence-electron chi connectivity index (χ4n) is 8.49. The van der Waals surface area contributed by atoms with Gasteiger partial charge in [0.1, 0.15) is 12.1 Å². The summed E-state index contributed by atoms with van der Waals surface area (Å²) in [7, 11) is 4.38. The fraction of sp³-hybridized carbons (Fsp3) is 0.314. The summed E-state index contributed by atoms with van der Waals surface area (Å²) in [5.41, 5.74) is 5.17. The molecule has 4 heterocycles. The van der Waals surface area contributed by atoms with Gasteiger partial charge in [-0.05, 0) is 71.5 Å². The summed E-state index contributed by atoms with van der Waals surface area (Å²) in [5.74, 6) is -0.814. The molecule has 4 aromatic rings. The first-order valence-electron chi connectivity index (χ1n) is 22.6. The van der Waals surface area contributed by atoms with E-state index < -0.39 is 35.8 Å². The number of benzene rings is 4. The number of carbonyl (C=O) groups excluding carboxylic acids is 4. The molecule has 70 heavy (non-hydrogen) atoms. The topological polar surface area (TPSA) is 219 Å². The first-order chi connectivity index (χ1) is 33.6. The van der Waals surface area contributed by atoms with E-state index in [-0.39, 0.29) is 48.8 Å². The number of halogens is 1. The van der Waals surface area contributed by atoms with E-state index in [1.807, 2.05) is 12.1 Å². The lowest BCUT2D eigenvalue weighted by atomic mass is 10.0. The number of rotatable bonds is 17. The maximum atomic E-state index is 14.5. The van der Waals surface area contributed by atoms with Crippen LogP contribution >= 0.6 is 0 Å². The van der Waals surface area contributed by atoms with Gasteiger partial charge in [-0.2, -0.15) is 0 Å². The predicted molar refractivity (Wildman–Crippen MR) is 258 cm³/mol. The number of methoxy groups -OCH3 is 3. The van der Waals surface area contributed by atoms with Gasteiger partial charge in [-0.15, -0.1) is 0 Å². The third kappa shape index (κ3) is 10.1. The zero-order valence-corrected chi connectivity index (χ0v) is 39.3. The van der Waals surface area contributed by atoms with Crippen molar-refractivity contribution in [1.29, 1.82) is 0 Å². The van der Waals surface area contributed by atoms with Gasteiger partial charge in [0.05, 0.1) is 69.1 Å². The van der Waals surface area contributed by atoms with Crippen molar-refractivity contribution in [3.05, 3.63) is 107 Å². The van der Waals surface area contributed by atoms with E-state index in [4.69, 9.17) is 33.8 Å². The molecule has 2 unspecified atom stereocenters. The first kappa shape index (κ1) is 48.2. The maximum absolute atomic E-state index is 14.5. The second-order valence-corrected chi connectivity index (χ2v) is 17.2. The Labute approximate surface area is 402 Å². The number of nitrogens with zero attached hydrogens (tertiary/aromatic N) is 4. The van der Waals surface area contributed by atoms with Crippen molar-refractivity contribution in [2.45, 2.75) is 64.2 Å². The summed E-state index contributed by atoms with van der Waals surface area (Å²) in [6.07, 6.45) is 7.01. The minimum Gasteiger partial charge on any atom is -0.494 e. The van der Waals surface area contributed by atoms with Crippen LogP contribution < -0.4 is 39.6 Å². The molecule has 0 radical (unpaired) electrons. The van der Waals surface area contributed by atoms with E-state index in [0.717, 1.165) is 16.7 Å². The molecule has 4 N–H and O–H groups in total. The molecular weight excluding hydrogens is 906 g/mol. The largest absolute Gasteiger partial charge is 0.494 e. The summed E-state index contributed by atoms with van der Waals surface area (Å²) >= 11 is 0. The molecule has 364 valence electrons. The van der Waals surface area contributed by atoms with Crippen LogP contribution in [0.25, 0.3) is 11.1 Å². The zero-order chi connectivity index (χ0) is 49.8. The minimum atomic E-state index is -1.34. The number of aliphatic imine (C=N–C) groups is 2. The average Bonchev–Trinajstić information content (AvgIpc) is 3.93. The molecule has 0 bridgehead atoms. The molecule has 0 fully saturated rings. The first-order valence-corrected chi connectivity index (χ1v) is 22.6. The third-order valence-electron chi connectivity index (χ3n) is 12.3. The van der Waals surface area contributed by atoms with Gasteiger partial charge in [-0.25, -0.2) is 9.18 Å². The molecule has 4 aliphatic heterocycles. The number of nitrogens with one attached hydrogen (secondary N) is 3. The van der Waals surface area contributed by atoms with E-state index in [0.29, 0.717) is 76.0 Å². The summed E-state index contributed by atoms with van der Waals surface area (Å²) in [4.78, 5) is 77.1. The van der Waals surface area contributed by atoms with Crippen molar-refractivity contribution in [1.82, 2.24) is 20.4 Å². The fourth-order valence-corrected chi connectivity index (χ4v) is 8.49. The second kappa shape index (κ2) is 20.6. The molecular formula is C51H52FN7O11. The molecule has 0 saturated heterocycles. The van der Waals surface area contributed by atoms with E-state index in [2.05, 4.69) is 20.9 Å². The van der Waals surface area contributed by atoms with Crippen LogP contribution in [-0.2, 0) is 9.59 Å². The summed E-state index contributed by atoms with van der Waals surface area (Å²) in [5, 5.41) is 16.6. The standard InChI is InChI=1S/C51H52FN7O11/c1-27(2)46(57-51(64)65)48(61)55-28(3)47(60)56-33-11-8-29(9-12-33)31-16-34-23-53-39-21-44(42(67-5)19-36(39)49(62)58(34)25-31)69-14-7-15-70-45-22-40-37(20-43(45)68-6)50(63)59-26-32(17-35(59)24-54-40)30-10-13-41(66-4)38(52)18-30/h8-13,18-28,34-35,46,57H,7,14-17H2,1-6H3,(H,55,61)(H,56,60)(H,64,65)/t28?,34-,35-,46?/m0/s1. The zero-order valence-electron chi connectivity index (χ0n) is 39.3. The van der Waals surface area contributed by atoms with Crippen molar-refractivity contribution in [3.8, 4) is 28.7 Å². The molecule has 0 saturated carbocycles. The van der Waals surface area contributed by atoms with Crippen LogP contribution in [0.3, 0.4) is 0 Å². The second-order valence-electron chi connectivity index (χ2n) is 17.2. The Morgan fingerprint density at radius 2 is 1.20 bits per heavy atom. The van der Waals surface area contributed by atoms with Gasteiger partial charge in [0.15, 0.2) is 34.6 Å². The van der Waals surface area contributed by atoms with Gasteiger partial charge < -0.3 is 54.5 Å². The van der Waals surface area contributed by atoms with Crippen molar-refractivity contribution in [2.24, 2.45) is 15.9 Å². The van der Waals surface area contributed by atoms with Crippen LogP contribution in [0.5, 0.6) is 28.7 Å². The Balaban J connectivity index is 0.856. The molecule has 0 aromatic heterocycles. The summed E-state index contributed by atoms with van der Waals surface area (Å²) in [6, 6.07) is 15.7. The summed E-state index contributed by atoms with van der Waals surface area (Å²) < 4.78 is 43.1. The highest BCUT2D eigenvalue weighted by Gasteiger charge is 2.36. The highest BCUT2D eigenvalue weighted by molar-refractivity contribution is 6.07. The van der Waals surface area contributed by atoms with E-state index in [1.54, 1.807) is 97.0 Å². The predicted octanol–water partition coefficient (Wildman–Crippen LogP) is 7.38. The molecule has 8 rings (SSSR count). The Morgan fingerprint density at radius 1 is 0.686 bits per heavy atom. The Morgan fingerprint density at radius 3 is 1.69 bits per heavy atom. The van der Waals surface area contributed by atoms with Gasteiger partial charge in [-0.1, -0.05) is 32.0 Å². The smallest absolute Gasteiger partial charge is 0.405 e. The molecule has 4 aliphatic rings. The lowest BCUT2D eigenvalue weighted by Crippen LogP contribution is -2.53. The molecule has 5 amide bonds. The summed E-state index contributed by atoms with van der Waals surface area (Å²) in [6.45, 7) is 5.35. The lowest BCUT2D eigenvalue weighted by Gasteiger charge is -2.22. The van der Waals surface area contributed by atoms with E-state index in [9.17, 15) is 28.4 Å². The number of amides is 5. The number of anilines is 1. The van der Waals surface area contributed by atoms with Crippen LogP contribution in [-0.4, -0.2) is 116 Å². The van der Waals surface area contributed by atoms with Crippen molar-refractivity contribution >= 4 is 70.4 Å². The van der Waals surface area contributed by atoms with Crippen molar-refractivity contribution in [2.75, 3.05) is 39.9 Å². The highest BCUT2D eigenvalue weighted by atomic mass is 19.1. The maximum Gasteiger partial charge on any atom is 0.405 e. The molecule has 0 spiro atoms. The number of carboxylic acid groups (broad SMARTS) is 1. The van der Waals surface area contributed by atoms with E-state index >= 15 is 0 Å². The normalized spacial score (nSPS) is 17.4. The lowest BCUT2D eigenvalue weighted by molar-refractivity contribution is -0.128. The molecule has 4 atom stereocenters. The highest BCUT2D eigenvalue weighted by Crippen LogP contribution is 2.42. The number of hydrogen-bond acceptors (Lipinski definition) is 12. The van der Waals surface area contributed by atoms with Crippen LogP contribution in [0, 0.1) is 11.7 Å². The Hall–Kier alpha value is -8.22. The van der Waals surface area contributed by atoms with E-state index in [1.165, 1.54) is 34.3 Å². The molecule has 18 nitrogen and oxygen atoms in total. The number of carbonyl (C=O) groups is 5. The SMILES string of the molecule is COc1ccc(C2=CN3C(=O)c4cc(OC)c(OCCCOc5cc6c(cc5OC)C(=O)N5C=C(c7ccc(NC(=O)C(C)NC(=O)C(NC(=O)O)C(C)C)cc7)C[C@H]5C=N6)cc4N=C[C@@H]3C2)cc1F. The van der Waals surface area contributed by atoms with Crippen LogP contribution in [0.1, 0.15) is 71.9 Å². The molecule has 4 aromatic carbocycles. The Bertz CT molecular complexity index is 2860. The van der Waals surface area contributed by atoms with Crippen LogP contribution in [0.2, 0.25) is 0 Å². The van der Waals surface area contributed by atoms with Gasteiger partial charge in [-0.3, -0.25) is 29.2 Å². The average molecular weight is 958 g/mol. The van der Waals surface area contributed by atoms with Gasteiger partial charge in [0.25, 0.3) is 11.8 Å². The third-order valence-corrected chi connectivity index (χ3v) is 12.3. The molecule has 19 heteroatoms. The number of ether oxygens (including phenoxy) is 5. The number of hydrogen-bond donors (Lipinski definition) is 4.